The molecule has 0 N–H and O–H groups in total. The zero-order valence-corrected chi connectivity index (χ0v) is 17.1. The third-order valence-corrected chi connectivity index (χ3v) is 4.72. The Kier molecular flexibility index (Phi) is 4.76. The second kappa shape index (κ2) is 7.19. The van der Waals surface area contributed by atoms with Crippen LogP contribution in [0.2, 0.25) is 0 Å². The third-order valence-electron chi connectivity index (χ3n) is 4.72. The molecule has 121 valence electrons. The van der Waals surface area contributed by atoms with E-state index in [4.69, 9.17) is 0 Å². The SMILES string of the molecule is [Y].[c-]1cccc(-c2cccc(-n3c4ccccc4c4ccccc43)c2)c1. The molecular formula is C24H16NY-. The van der Waals surface area contributed by atoms with Gasteiger partial charge in [-0.3, -0.25) is 0 Å². The molecule has 0 atom stereocenters. The van der Waals surface area contributed by atoms with Gasteiger partial charge in [0.25, 0.3) is 0 Å². The Bertz CT molecular complexity index is 1140. The van der Waals surface area contributed by atoms with Gasteiger partial charge in [0.05, 0.1) is 11.0 Å². The van der Waals surface area contributed by atoms with Crippen molar-refractivity contribution >= 4 is 21.8 Å². The Balaban J connectivity index is 0.00000168. The zero-order chi connectivity index (χ0) is 16.6. The maximum Gasteiger partial charge on any atom is 0.0541 e. The van der Waals surface area contributed by atoms with Crippen molar-refractivity contribution in [1.82, 2.24) is 4.57 Å². The second-order valence-electron chi connectivity index (χ2n) is 6.21. The smallest absolute Gasteiger partial charge is 0.0541 e. The summed E-state index contributed by atoms with van der Waals surface area (Å²) in [6.07, 6.45) is 0. The number of benzene rings is 4. The van der Waals surface area contributed by atoms with Crippen molar-refractivity contribution in [3.8, 4) is 16.8 Å². The molecule has 0 fully saturated rings. The predicted molar refractivity (Wildman–Crippen MR) is 105 cm³/mol. The van der Waals surface area contributed by atoms with Crippen molar-refractivity contribution < 1.29 is 32.7 Å². The van der Waals surface area contributed by atoms with Crippen LogP contribution in [0.5, 0.6) is 0 Å². The average molecular weight is 407 g/mol. The van der Waals surface area contributed by atoms with Gasteiger partial charge < -0.3 is 4.57 Å². The standard InChI is InChI=1S/C24H16N.Y/c1-2-9-18(10-3-1)19-11-8-12-20(17-19)25-23-15-6-4-13-21(23)22-14-5-7-16-24(22)25;/h1-2,4-17H;/q-1;. The van der Waals surface area contributed by atoms with E-state index in [0.29, 0.717) is 0 Å². The molecule has 5 aromatic rings. The molecule has 1 nitrogen and oxygen atoms in total. The molecule has 1 radical (unpaired) electrons. The van der Waals surface area contributed by atoms with Crippen LogP contribution in [-0.2, 0) is 32.7 Å². The fourth-order valence-corrected chi connectivity index (χ4v) is 3.60. The van der Waals surface area contributed by atoms with E-state index in [0.717, 1.165) is 0 Å². The molecule has 1 heterocycles. The van der Waals surface area contributed by atoms with Crippen molar-refractivity contribution in [2.75, 3.05) is 0 Å². The quantitative estimate of drug-likeness (QED) is 0.305. The molecule has 0 aliphatic heterocycles. The molecule has 2 heteroatoms. The van der Waals surface area contributed by atoms with Gasteiger partial charge in [-0.25, -0.2) is 0 Å². The molecular weight excluding hydrogens is 391 g/mol. The maximum absolute atomic E-state index is 3.17. The van der Waals surface area contributed by atoms with Gasteiger partial charge in [0.2, 0.25) is 0 Å². The fourth-order valence-electron chi connectivity index (χ4n) is 3.60. The van der Waals surface area contributed by atoms with Gasteiger partial charge in [0.1, 0.15) is 0 Å². The molecule has 0 amide bonds. The van der Waals surface area contributed by atoms with Crippen LogP contribution in [0, 0.1) is 6.07 Å². The number of nitrogens with zero attached hydrogens (tertiary/aromatic N) is 1. The summed E-state index contributed by atoms with van der Waals surface area (Å²) in [7, 11) is 0. The topological polar surface area (TPSA) is 4.93 Å². The van der Waals surface area contributed by atoms with E-state index in [1.165, 1.54) is 38.6 Å². The number of aromatic nitrogens is 1. The van der Waals surface area contributed by atoms with Crippen molar-refractivity contribution in [2.24, 2.45) is 0 Å². The minimum Gasteiger partial charge on any atom is -0.309 e. The molecule has 4 aromatic carbocycles. The molecule has 1 aromatic heterocycles. The van der Waals surface area contributed by atoms with Crippen LogP contribution < -0.4 is 0 Å². The number of para-hydroxylation sites is 2. The van der Waals surface area contributed by atoms with Crippen LogP contribution in [-0.4, -0.2) is 4.57 Å². The Morgan fingerprint density at radius 2 is 1.27 bits per heavy atom. The first-order valence-electron chi connectivity index (χ1n) is 8.47. The van der Waals surface area contributed by atoms with Gasteiger partial charge in [-0.05, 0) is 24.3 Å². The van der Waals surface area contributed by atoms with Gasteiger partial charge in [0, 0.05) is 49.2 Å². The third kappa shape index (κ3) is 2.82. The van der Waals surface area contributed by atoms with Gasteiger partial charge in [0.15, 0.2) is 0 Å². The van der Waals surface area contributed by atoms with Crippen molar-refractivity contribution in [3.63, 3.8) is 0 Å². The van der Waals surface area contributed by atoms with Crippen LogP contribution in [0.25, 0.3) is 38.6 Å². The van der Waals surface area contributed by atoms with E-state index in [1.807, 2.05) is 18.2 Å². The average Bonchev–Trinajstić information content (AvgIpc) is 3.03. The van der Waals surface area contributed by atoms with Crippen LogP contribution in [0.4, 0.5) is 0 Å². The summed E-state index contributed by atoms with van der Waals surface area (Å²) >= 11 is 0. The van der Waals surface area contributed by atoms with Crippen LogP contribution in [0.15, 0.2) is 97.1 Å². The monoisotopic (exact) mass is 407 g/mol. The normalized spacial score (nSPS) is 10.8. The molecule has 0 spiro atoms. The summed E-state index contributed by atoms with van der Waals surface area (Å²) in [5, 5.41) is 2.58. The molecule has 26 heavy (non-hydrogen) atoms. The first kappa shape index (κ1) is 17.2. The van der Waals surface area contributed by atoms with E-state index in [1.54, 1.807) is 0 Å². The number of rotatable bonds is 2. The zero-order valence-electron chi connectivity index (χ0n) is 14.3. The molecule has 0 bridgehead atoms. The van der Waals surface area contributed by atoms with Gasteiger partial charge in [-0.15, -0.1) is 5.56 Å². The van der Waals surface area contributed by atoms with E-state index < -0.39 is 0 Å². The van der Waals surface area contributed by atoms with E-state index in [2.05, 4.69) is 89.5 Å². The van der Waals surface area contributed by atoms with Crippen molar-refractivity contribution in [3.05, 3.63) is 103 Å². The van der Waals surface area contributed by atoms with Gasteiger partial charge in [-0.2, -0.15) is 30.3 Å². The molecule has 0 aliphatic carbocycles. The van der Waals surface area contributed by atoms with Crippen LogP contribution in [0.1, 0.15) is 0 Å². The van der Waals surface area contributed by atoms with E-state index >= 15 is 0 Å². The fraction of sp³-hybridized carbons (Fsp3) is 0. The van der Waals surface area contributed by atoms with Gasteiger partial charge >= 0.3 is 0 Å². The molecule has 0 saturated heterocycles. The number of hydrogen-bond donors (Lipinski definition) is 0. The Morgan fingerprint density at radius 3 is 1.92 bits per heavy atom. The van der Waals surface area contributed by atoms with Gasteiger partial charge in [-0.1, -0.05) is 54.1 Å². The second-order valence-corrected chi connectivity index (χ2v) is 6.21. The maximum atomic E-state index is 3.17. The first-order valence-corrected chi connectivity index (χ1v) is 8.47. The summed E-state index contributed by atoms with van der Waals surface area (Å²) in [4.78, 5) is 0. The summed E-state index contributed by atoms with van der Waals surface area (Å²) in [5.41, 5.74) is 6.04. The molecule has 0 aliphatic rings. The minimum absolute atomic E-state index is 0. The largest absolute Gasteiger partial charge is 0.309 e. The Morgan fingerprint density at radius 1 is 0.615 bits per heavy atom. The van der Waals surface area contributed by atoms with E-state index in [-0.39, 0.29) is 32.7 Å². The van der Waals surface area contributed by atoms with Crippen LogP contribution >= 0.6 is 0 Å². The molecule has 0 unspecified atom stereocenters. The van der Waals surface area contributed by atoms with E-state index in [9.17, 15) is 0 Å². The van der Waals surface area contributed by atoms with Crippen LogP contribution in [0.3, 0.4) is 0 Å². The first-order chi connectivity index (χ1) is 12.4. The Hall–Kier alpha value is -2.22. The Labute approximate surface area is 178 Å². The molecule has 0 saturated carbocycles. The minimum atomic E-state index is 0. The number of fused-ring (bicyclic) bond motifs is 3. The van der Waals surface area contributed by atoms with Crippen molar-refractivity contribution in [1.29, 1.82) is 0 Å². The summed E-state index contributed by atoms with van der Waals surface area (Å²) < 4.78 is 2.35. The summed E-state index contributed by atoms with van der Waals surface area (Å²) in [6, 6.07) is 37.2. The summed E-state index contributed by atoms with van der Waals surface area (Å²) in [5.74, 6) is 0. The van der Waals surface area contributed by atoms with Crippen molar-refractivity contribution in [2.45, 2.75) is 0 Å². The number of hydrogen-bond acceptors (Lipinski definition) is 0. The summed E-state index contributed by atoms with van der Waals surface area (Å²) in [6.45, 7) is 0. The molecule has 5 rings (SSSR count). The predicted octanol–water partition coefficient (Wildman–Crippen LogP) is 6.25.